The number of hydrogen-bond acceptors (Lipinski definition) is 3. The summed E-state index contributed by atoms with van der Waals surface area (Å²) in [4.78, 5) is 15.4. The van der Waals surface area contributed by atoms with E-state index in [1.54, 1.807) is 12.3 Å². The summed E-state index contributed by atoms with van der Waals surface area (Å²) >= 11 is 9.12. The number of pyridine rings is 1. The molecule has 1 rings (SSSR count). The first kappa shape index (κ1) is 14.3. The molecule has 0 unspecified atom stereocenters. The maximum Gasteiger partial charge on any atom is 0.221 e. The standard InChI is InChI=1S/C11H15BrClN3O/c1-2-4-14-10(17)3-5-15-11-9(12)6-8(13)7-16-11/h6-7H,2-5H2,1H3,(H,14,17)(H,15,16). The molecule has 0 aromatic carbocycles. The largest absolute Gasteiger partial charge is 0.369 e. The number of nitrogens with one attached hydrogen (secondary N) is 2. The molecule has 0 bridgehead atoms. The topological polar surface area (TPSA) is 54.0 Å². The molecule has 1 heterocycles. The lowest BCUT2D eigenvalue weighted by Gasteiger charge is -2.07. The minimum atomic E-state index is 0.0458. The zero-order valence-corrected chi connectivity index (χ0v) is 11.9. The molecule has 0 atom stereocenters. The van der Waals surface area contributed by atoms with Crippen LogP contribution in [0.5, 0.6) is 0 Å². The molecule has 4 nitrogen and oxygen atoms in total. The third-order valence-corrected chi connectivity index (χ3v) is 2.84. The van der Waals surface area contributed by atoms with Crippen molar-refractivity contribution >= 4 is 39.3 Å². The molecule has 0 radical (unpaired) electrons. The molecule has 2 N–H and O–H groups in total. The van der Waals surface area contributed by atoms with Gasteiger partial charge in [-0.05, 0) is 28.4 Å². The monoisotopic (exact) mass is 319 g/mol. The number of anilines is 1. The highest BCUT2D eigenvalue weighted by atomic mass is 79.9. The summed E-state index contributed by atoms with van der Waals surface area (Å²) in [7, 11) is 0. The van der Waals surface area contributed by atoms with Gasteiger partial charge in [-0.2, -0.15) is 0 Å². The second kappa shape index (κ2) is 7.50. The third kappa shape index (κ3) is 5.37. The van der Waals surface area contributed by atoms with Crippen LogP contribution in [0.25, 0.3) is 0 Å². The van der Waals surface area contributed by atoms with Gasteiger partial charge in [-0.15, -0.1) is 0 Å². The molecule has 0 saturated heterocycles. The van der Waals surface area contributed by atoms with Crippen LogP contribution in [0.15, 0.2) is 16.7 Å². The number of amides is 1. The minimum Gasteiger partial charge on any atom is -0.369 e. The minimum absolute atomic E-state index is 0.0458. The van der Waals surface area contributed by atoms with Gasteiger partial charge in [0.05, 0.1) is 9.50 Å². The Morgan fingerprint density at radius 2 is 2.29 bits per heavy atom. The molecule has 0 aliphatic heterocycles. The van der Waals surface area contributed by atoms with Crippen LogP contribution in [0.3, 0.4) is 0 Å². The van der Waals surface area contributed by atoms with Crippen molar-refractivity contribution in [2.24, 2.45) is 0 Å². The molecule has 1 amide bonds. The van der Waals surface area contributed by atoms with Gasteiger partial charge < -0.3 is 10.6 Å². The van der Waals surface area contributed by atoms with Gasteiger partial charge >= 0.3 is 0 Å². The molecule has 0 aliphatic rings. The van der Waals surface area contributed by atoms with Crippen molar-refractivity contribution in [1.29, 1.82) is 0 Å². The van der Waals surface area contributed by atoms with Gasteiger partial charge in [0.15, 0.2) is 0 Å². The number of nitrogens with zero attached hydrogens (tertiary/aromatic N) is 1. The molecule has 6 heteroatoms. The van der Waals surface area contributed by atoms with Crippen molar-refractivity contribution in [3.05, 3.63) is 21.8 Å². The Kier molecular flexibility index (Phi) is 6.29. The Morgan fingerprint density at radius 1 is 1.53 bits per heavy atom. The quantitative estimate of drug-likeness (QED) is 0.847. The predicted molar refractivity (Wildman–Crippen MR) is 73.4 cm³/mol. The summed E-state index contributed by atoms with van der Waals surface area (Å²) in [6.07, 6.45) is 2.94. The van der Waals surface area contributed by atoms with Gasteiger partial charge in [0.25, 0.3) is 0 Å². The van der Waals surface area contributed by atoms with Crippen LogP contribution < -0.4 is 10.6 Å². The van der Waals surface area contributed by atoms with Crippen molar-refractivity contribution < 1.29 is 4.79 Å². The van der Waals surface area contributed by atoms with Crippen LogP contribution in [0.4, 0.5) is 5.82 Å². The van der Waals surface area contributed by atoms with Gasteiger partial charge in [0.1, 0.15) is 5.82 Å². The van der Waals surface area contributed by atoms with E-state index in [1.165, 1.54) is 0 Å². The SMILES string of the molecule is CCCNC(=O)CCNc1ncc(Cl)cc1Br. The van der Waals surface area contributed by atoms with E-state index in [2.05, 4.69) is 31.5 Å². The Bertz CT molecular complexity index is 387. The van der Waals surface area contributed by atoms with Crippen molar-refractivity contribution in [2.75, 3.05) is 18.4 Å². The average molecular weight is 321 g/mol. The van der Waals surface area contributed by atoms with Crippen LogP contribution in [-0.2, 0) is 4.79 Å². The molecule has 17 heavy (non-hydrogen) atoms. The van der Waals surface area contributed by atoms with E-state index in [1.807, 2.05) is 6.92 Å². The molecule has 1 aromatic rings. The fourth-order valence-corrected chi connectivity index (χ4v) is 1.97. The third-order valence-electron chi connectivity index (χ3n) is 2.02. The first-order chi connectivity index (χ1) is 8.13. The Labute approximate surface area is 114 Å². The molecular formula is C11H15BrClN3O. The van der Waals surface area contributed by atoms with Crippen LogP contribution in [0, 0.1) is 0 Å². The predicted octanol–water partition coefficient (Wildman–Crippen LogP) is 2.83. The number of aromatic nitrogens is 1. The zero-order chi connectivity index (χ0) is 12.7. The first-order valence-electron chi connectivity index (χ1n) is 5.45. The fraction of sp³-hybridized carbons (Fsp3) is 0.455. The van der Waals surface area contributed by atoms with Gasteiger partial charge in [0, 0.05) is 25.7 Å². The van der Waals surface area contributed by atoms with Crippen LogP contribution in [0.1, 0.15) is 19.8 Å². The normalized spacial score (nSPS) is 10.1. The van der Waals surface area contributed by atoms with Crippen molar-refractivity contribution in [1.82, 2.24) is 10.3 Å². The van der Waals surface area contributed by atoms with E-state index in [0.29, 0.717) is 23.8 Å². The van der Waals surface area contributed by atoms with Gasteiger partial charge in [0.2, 0.25) is 5.91 Å². The second-order valence-corrected chi connectivity index (χ2v) is 4.80. The molecule has 0 spiro atoms. The number of hydrogen-bond donors (Lipinski definition) is 2. The maximum atomic E-state index is 11.3. The lowest BCUT2D eigenvalue weighted by atomic mass is 10.3. The summed E-state index contributed by atoms with van der Waals surface area (Å²) in [5, 5.41) is 6.45. The molecule has 0 fully saturated rings. The van der Waals surface area contributed by atoms with Crippen molar-refractivity contribution in [2.45, 2.75) is 19.8 Å². The summed E-state index contributed by atoms with van der Waals surface area (Å²) in [5.41, 5.74) is 0. The maximum absolute atomic E-state index is 11.3. The molecule has 0 saturated carbocycles. The molecule has 1 aromatic heterocycles. The number of carbonyl (C=O) groups excluding carboxylic acids is 1. The van der Waals surface area contributed by atoms with E-state index in [4.69, 9.17) is 11.6 Å². The summed E-state index contributed by atoms with van der Waals surface area (Å²) in [5.74, 6) is 0.738. The van der Waals surface area contributed by atoms with Gasteiger partial charge in [-0.25, -0.2) is 4.98 Å². The van der Waals surface area contributed by atoms with Crippen LogP contribution in [0.2, 0.25) is 5.02 Å². The highest BCUT2D eigenvalue weighted by Crippen LogP contribution is 2.22. The summed E-state index contributed by atoms with van der Waals surface area (Å²) < 4.78 is 0.791. The van der Waals surface area contributed by atoms with E-state index in [0.717, 1.165) is 17.4 Å². The fourth-order valence-electron chi connectivity index (χ4n) is 1.19. The van der Waals surface area contributed by atoms with E-state index in [-0.39, 0.29) is 5.91 Å². The number of rotatable bonds is 6. The Hall–Kier alpha value is -0.810. The first-order valence-corrected chi connectivity index (χ1v) is 6.62. The van der Waals surface area contributed by atoms with Gasteiger partial charge in [-0.1, -0.05) is 18.5 Å². The Morgan fingerprint density at radius 3 is 2.94 bits per heavy atom. The van der Waals surface area contributed by atoms with E-state index >= 15 is 0 Å². The van der Waals surface area contributed by atoms with E-state index < -0.39 is 0 Å². The molecule has 0 aliphatic carbocycles. The van der Waals surface area contributed by atoms with Crippen LogP contribution in [-0.4, -0.2) is 24.0 Å². The summed E-state index contributed by atoms with van der Waals surface area (Å²) in [6, 6.07) is 1.76. The number of carbonyl (C=O) groups is 1. The second-order valence-electron chi connectivity index (χ2n) is 3.51. The highest BCUT2D eigenvalue weighted by molar-refractivity contribution is 9.10. The molecular weight excluding hydrogens is 305 g/mol. The summed E-state index contributed by atoms with van der Waals surface area (Å²) in [6.45, 7) is 3.29. The molecule has 94 valence electrons. The van der Waals surface area contributed by atoms with Crippen LogP contribution >= 0.6 is 27.5 Å². The average Bonchev–Trinajstić information content (AvgIpc) is 2.29. The lowest BCUT2D eigenvalue weighted by molar-refractivity contribution is -0.120. The van der Waals surface area contributed by atoms with E-state index in [9.17, 15) is 4.79 Å². The van der Waals surface area contributed by atoms with Crippen molar-refractivity contribution in [3.63, 3.8) is 0 Å². The Balaban J connectivity index is 2.33. The zero-order valence-electron chi connectivity index (χ0n) is 9.59. The number of halogens is 2. The van der Waals surface area contributed by atoms with Gasteiger partial charge in [-0.3, -0.25) is 4.79 Å². The van der Waals surface area contributed by atoms with Crippen molar-refractivity contribution in [3.8, 4) is 0 Å². The smallest absolute Gasteiger partial charge is 0.221 e. The highest BCUT2D eigenvalue weighted by Gasteiger charge is 2.03. The lowest BCUT2D eigenvalue weighted by Crippen LogP contribution is -2.26.